The number of fused-ring (bicyclic) bond motifs is 1. The minimum atomic E-state index is -6.09. The van der Waals surface area contributed by atoms with Gasteiger partial charge in [0, 0.05) is 0 Å². The molecule has 0 atom stereocenters. The molecule has 0 N–H and O–H groups in total. The summed E-state index contributed by atoms with van der Waals surface area (Å²) in [6.07, 6.45) is -5.07. The Hall–Kier alpha value is -2.18. The monoisotopic (exact) mass is 393 g/mol. The largest absolute Gasteiger partial charge is 0.573 e. The molecule has 0 saturated heterocycles. The maximum absolute atomic E-state index is 12.5. The Morgan fingerprint density at radius 1 is 1.12 bits per heavy atom. The van der Waals surface area contributed by atoms with Crippen molar-refractivity contribution < 1.29 is 48.4 Å². The summed E-state index contributed by atoms with van der Waals surface area (Å²) in [5.41, 5.74) is -7.82. The van der Waals surface area contributed by atoms with E-state index in [1.165, 1.54) is 13.8 Å². The van der Waals surface area contributed by atoms with Crippen molar-refractivity contribution in [2.45, 2.75) is 31.4 Å². The second-order valence-corrected chi connectivity index (χ2v) is 6.69. The van der Waals surface area contributed by atoms with E-state index in [1.807, 2.05) is 0 Å². The van der Waals surface area contributed by atoms with Gasteiger partial charge in [-0.1, -0.05) is 0 Å². The van der Waals surface area contributed by atoms with E-state index in [2.05, 4.69) is 13.9 Å². The summed E-state index contributed by atoms with van der Waals surface area (Å²) < 4.78 is 109. The summed E-state index contributed by atoms with van der Waals surface area (Å²) >= 11 is 0. The smallest absolute Gasteiger partial charge is 0.466 e. The van der Waals surface area contributed by atoms with Crippen molar-refractivity contribution >= 4 is 16.0 Å². The van der Waals surface area contributed by atoms with Gasteiger partial charge in [0.25, 0.3) is 0 Å². The van der Waals surface area contributed by atoms with Crippen LogP contribution in [0.4, 0.5) is 26.3 Å². The lowest BCUT2D eigenvalue weighted by Crippen LogP contribution is -2.36. The van der Waals surface area contributed by atoms with Gasteiger partial charge in [-0.3, -0.25) is 0 Å². The van der Waals surface area contributed by atoms with E-state index in [-0.39, 0.29) is 5.75 Å². The number of benzene rings is 1. The van der Waals surface area contributed by atoms with E-state index in [4.69, 9.17) is 4.74 Å². The van der Waals surface area contributed by atoms with E-state index < -0.39 is 44.9 Å². The van der Waals surface area contributed by atoms with Gasteiger partial charge in [-0.15, -0.1) is 13.2 Å². The van der Waals surface area contributed by atoms with Gasteiger partial charge in [0.05, 0.1) is 5.56 Å². The maximum Gasteiger partial charge on any atom is 0.573 e. The Morgan fingerprint density at radius 3 is 2.24 bits per heavy atom. The summed E-state index contributed by atoms with van der Waals surface area (Å²) in [4.78, 5) is 3.55. The van der Waals surface area contributed by atoms with E-state index in [0.29, 0.717) is 6.07 Å². The molecule has 0 saturated carbocycles. The number of ether oxygens (including phenoxy) is 2. The number of nitrogens with zero attached hydrogens (tertiary/aromatic N) is 1. The van der Waals surface area contributed by atoms with Crippen LogP contribution in [0.1, 0.15) is 19.4 Å². The molecule has 1 aromatic rings. The summed E-state index contributed by atoms with van der Waals surface area (Å²) in [6, 6.07) is 2.39. The average Bonchev–Trinajstić information content (AvgIpc) is 2.35. The minimum absolute atomic E-state index is 0.234. The molecular formula is C12H9F6NO5S. The van der Waals surface area contributed by atoms with E-state index in [0.717, 1.165) is 12.1 Å². The summed E-state index contributed by atoms with van der Waals surface area (Å²) in [5.74, 6) is -2.13. The van der Waals surface area contributed by atoms with Gasteiger partial charge in [-0.25, -0.2) is 4.99 Å². The van der Waals surface area contributed by atoms with Crippen molar-refractivity contribution in [3.05, 3.63) is 23.8 Å². The van der Waals surface area contributed by atoms with Gasteiger partial charge < -0.3 is 13.7 Å². The quantitative estimate of drug-likeness (QED) is 0.438. The molecule has 2 rings (SSSR count). The van der Waals surface area contributed by atoms with Crippen molar-refractivity contribution in [2.24, 2.45) is 4.99 Å². The molecule has 1 aromatic carbocycles. The van der Waals surface area contributed by atoms with Crippen LogP contribution in [0.5, 0.6) is 11.5 Å². The molecule has 0 aliphatic carbocycles. The van der Waals surface area contributed by atoms with Crippen LogP contribution in [0.15, 0.2) is 23.2 Å². The highest BCUT2D eigenvalue weighted by Gasteiger charge is 2.50. The van der Waals surface area contributed by atoms with E-state index in [9.17, 15) is 34.8 Å². The molecule has 0 radical (unpaired) electrons. The highest BCUT2D eigenvalue weighted by Crippen LogP contribution is 2.36. The highest BCUT2D eigenvalue weighted by atomic mass is 32.2. The Labute approximate surface area is 137 Å². The molecule has 0 aromatic heterocycles. The van der Waals surface area contributed by atoms with Crippen molar-refractivity contribution in [1.29, 1.82) is 0 Å². The lowest BCUT2D eigenvalue weighted by molar-refractivity contribution is -0.274. The average molecular weight is 393 g/mol. The molecule has 25 heavy (non-hydrogen) atoms. The van der Waals surface area contributed by atoms with E-state index in [1.54, 1.807) is 0 Å². The van der Waals surface area contributed by atoms with E-state index >= 15 is 0 Å². The Kier molecular flexibility index (Phi) is 4.35. The lowest BCUT2D eigenvalue weighted by atomic mass is 10.1. The fraction of sp³-hybridized carbons (Fsp3) is 0.417. The summed E-state index contributed by atoms with van der Waals surface area (Å²) in [7, 11) is -6.09. The molecule has 0 fully saturated rings. The van der Waals surface area contributed by atoms with Crippen LogP contribution in [0.2, 0.25) is 0 Å². The molecule has 0 spiro atoms. The third kappa shape index (κ3) is 4.46. The first-order valence-corrected chi connectivity index (χ1v) is 7.70. The number of aliphatic imine (C=N–C) groups is 1. The summed E-state index contributed by atoms with van der Waals surface area (Å²) in [5, 5.41) is 0. The zero-order chi connectivity index (χ0) is 19.3. The lowest BCUT2D eigenvalue weighted by Gasteiger charge is -2.29. The predicted molar refractivity (Wildman–Crippen MR) is 70.4 cm³/mol. The SMILES string of the molecule is CC1(C)N=C(OS(=O)(=O)C(F)(F)F)c2cc(OC(F)(F)F)ccc2O1. The van der Waals surface area contributed by atoms with Gasteiger partial charge in [-0.05, 0) is 32.0 Å². The van der Waals surface area contributed by atoms with Crippen LogP contribution in [0.3, 0.4) is 0 Å². The number of hydrogen-bond acceptors (Lipinski definition) is 6. The highest BCUT2D eigenvalue weighted by molar-refractivity contribution is 7.88. The molecule has 0 amide bonds. The third-order valence-corrected chi connectivity index (χ3v) is 3.56. The van der Waals surface area contributed by atoms with Crippen LogP contribution in [0.25, 0.3) is 0 Å². The van der Waals surface area contributed by atoms with Gasteiger partial charge in [0.2, 0.25) is 5.90 Å². The molecule has 0 bridgehead atoms. The Balaban J connectivity index is 2.50. The van der Waals surface area contributed by atoms with Crippen molar-refractivity contribution in [3.8, 4) is 11.5 Å². The second kappa shape index (κ2) is 5.68. The van der Waals surface area contributed by atoms with Gasteiger partial charge in [0.15, 0.2) is 5.72 Å². The van der Waals surface area contributed by atoms with Crippen LogP contribution < -0.4 is 9.47 Å². The number of rotatable bonds is 2. The zero-order valence-electron chi connectivity index (χ0n) is 12.4. The Morgan fingerprint density at radius 2 is 1.72 bits per heavy atom. The topological polar surface area (TPSA) is 74.2 Å². The second-order valence-electron chi connectivity index (χ2n) is 5.15. The first-order valence-electron chi connectivity index (χ1n) is 6.29. The number of alkyl halides is 6. The number of hydrogen-bond donors (Lipinski definition) is 0. The molecule has 140 valence electrons. The third-order valence-electron chi connectivity index (χ3n) is 2.62. The predicted octanol–water partition coefficient (Wildman–Crippen LogP) is 3.33. The normalized spacial score (nSPS) is 17.2. The van der Waals surface area contributed by atoms with Gasteiger partial charge in [-0.2, -0.15) is 21.6 Å². The molecule has 0 unspecified atom stereocenters. The summed E-state index contributed by atoms with van der Waals surface area (Å²) in [6.45, 7) is 2.55. The molecule has 6 nitrogen and oxygen atoms in total. The van der Waals surface area contributed by atoms with Crippen LogP contribution >= 0.6 is 0 Å². The fourth-order valence-electron chi connectivity index (χ4n) is 1.77. The molecule has 13 heteroatoms. The first kappa shape index (κ1) is 19.1. The maximum atomic E-state index is 12.5. The Bertz CT molecular complexity index is 812. The van der Waals surface area contributed by atoms with Crippen LogP contribution in [-0.4, -0.2) is 31.9 Å². The molecular weight excluding hydrogens is 384 g/mol. The zero-order valence-corrected chi connectivity index (χ0v) is 13.2. The molecule has 1 aliphatic rings. The number of halogens is 6. The minimum Gasteiger partial charge on any atom is -0.466 e. The van der Waals surface area contributed by atoms with Crippen molar-refractivity contribution in [1.82, 2.24) is 0 Å². The van der Waals surface area contributed by atoms with Crippen molar-refractivity contribution in [3.63, 3.8) is 0 Å². The first-order chi connectivity index (χ1) is 11.1. The van der Waals surface area contributed by atoms with Crippen LogP contribution in [-0.2, 0) is 14.3 Å². The van der Waals surface area contributed by atoms with Gasteiger partial charge >= 0.3 is 22.0 Å². The molecule has 1 heterocycles. The van der Waals surface area contributed by atoms with Crippen molar-refractivity contribution in [2.75, 3.05) is 0 Å². The fourth-order valence-corrected chi connectivity index (χ4v) is 2.20. The standard InChI is InChI=1S/C12H9F6NO5S/c1-10(2)19-9(24-25(20,21)12(16,17)18)7-5-6(22-11(13,14)15)3-4-8(7)23-10/h3-5H,1-2H3. The molecule has 1 aliphatic heterocycles. The van der Waals surface area contributed by atoms with Crippen LogP contribution in [0, 0.1) is 0 Å². The van der Waals surface area contributed by atoms with Gasteiger partial charge in [0.1, 0.15) is 11.5 Å².